The van der Waals surface area contributed by atoms with Crippen LogP contribution in [0.3, 0.4) is 0 Å². The Labute approximate surface area is 154 Å². The van der Waals surface area contributed by atoms with Crippen LogP contribution in [0, 0.1) is 15.9 Å². The van der Waals surface area contributed by atoms with Gasteiger partial charge in [0.1, 0.15) is 11.4 Å². The molecule has 0 aromatic heterocycles. The highest BCUT2D eigenvalue weighted by atomic mass is 19.1. The van der Waals surface area contributed by atoms with Gasteiger partial charge in [-0.25, -0.2) is 4.39 Å². The number of nitrogens with zero attached hydrogens (tertiary/aromatic N) is 2. The average Bonchev–Trinajstić information content (AvgIpc) is 3.06. The van der Waals surface area contributed by atoms with E-state index in [2.05, 4.69) is 5.32 Å². The van der Waals surface area contributed by atoms with Crippen molar-refractivity contribution in [3.05, 3.63) is 75.6 Å². The number of nitro benzene ring substituents is 1. The highest BCUT2D eigenvalue weighted by Gasteiger charge is 2.28. The van der Waals surface area contributed by atoms with Gasteiger partial charge in [-0.3, -0.25) is 19.7 Å². The van der Waals surface area contributed by atoms with Crippen molar-refractivity contribution in [1.82, 2.24) is 10.2 Å². The fraction of sp³-hybridized carbons (Fsp3) is 0.263. The Bertz CT molecular complexity index is 873. The largest absolute Gasteiger partial charge is 0.343 e. The van der Waals surface area contributed by atoms with E-state index in [-0.39, 0.29) is 18.0 Å². The SMILES string of the molecule is O=C(NC(CN1CCCC1=O)c1ccccc1)c1cc(F)ccc1[N+](=O)[O-]. The Morgan fingerprint density at radius 1 is 1.26 bits per heavy atom. The Kier molecular flexibility index (Phi) is 5.44. The summed E-state index contributed by atoms with van der Waals surface area (Å²) in [5.41, 5.74) is -0.0729. The minimum Gasteiger partial charge on any atom is -0.343 e. The first kappa shape index (κ1) is 18.5. The third kappa shape index (κ3) is 4.28. The van der Waals surface area contributed by atoms with E-state index in [0.717, 1.165) is 30.2 Å². The molecular weight excluding hydrogens is 353 g/mol. The molecule has 0 radical (unpaired) electrons. The summed E-state index contributed by atoms with van der Waals surface area (Å²) in [6.45, 7) is 0.843. The van der Waals surface area contributed by atoms with Gasteiger partial charge >= 0.3 is 0 Å². The minimum atomic E-state index is -0.762. The van der Waals surface area contributed by atoms with Gasteiger partial charge in [-0.2, -0.15) is 0 Å². The number of halogens is 1. The molecule has 1 aliphatic rings. The van der Waals surface area contributed by atoms with Gasteiger partial charge in [0, 0.05) is 25.6 Å². The van der Waals surface area contributed by atoms with Crippen LogP contribution in [0.15, 0.2) is 48.5 Å². The summed E-state index contributed by atoms with van der Waals surface area (Å²) in [4.78, 5) is 36.7. The molecule has 1 N–H and O–H groups in total. The predicted octanol–water partition coefficient (Wildman–Crippen LogP) is 2.83. The third-order valence-corrected chi connectivity index (χ3v) is 4.48. The Morgan fingerprint density at radius 3 is 2.63 bits per heavy atom. The highest BCUT2D eigenvalue weighted by Crippen LogP contribution is 2.23. The van der Waals surface area contributed by atoms with Gasteiger partial charge in [0.2, 0.25) is 5.91 Å². The summed E-state index contributed by atoms with van der Waals surface area (Å²) in [6.07, 6.45) is 1.22. The summed E-state index contributed by atoms with van der Waals surface area (Å²) in [5, 5.41) is 13.9. The minimum absolute atomic E-state index is 0.00177. The van der Waals surface area contributed by atoms with Crippen molar-refractivity contribution in [2.24, 2.45) is 0 Å². The highest BCUT2D eigenvalue weighted by molar-refractivity contribution is 5.98. The monoisotopic (exact) mass is 371 g/mol. The molecule has 7 nitrogen and oxygen atoms in total. The number of hydrogen-bond donors (Lipinski definition) is 1. The lowest BCUT2D eigenvalue weighted by molar-refractivity contribution is -0.385. The number of rotatable bonds is 6. The van der Waals surface area contributed by atoms with E-state index in [0.29, 0.717) is 13.0 Å². The maximum atomic E-state index is 13.6. The predicted molar refractivity (Wildman–Crippen MR) is 95.5 cm³/mol. The summed E-state index contributed by atoms with van der Waals surface area (Å²) in [6, 6.07) is 11.2. The van der Waals surface area contributed by atoms with Crippen LogP contribution in [-0.4, -0.2) is 34.7 Å². The fourth-order valence-electron chi connectivity index (χ4n) is 3.12. The van der Waals surface area contributed by atoms with E-state index in [1.54, 1.807) is 29.2 Å². The van der Waals surface area contributed by atoms with Gasteiger partial charge in [0.15, 0.2) is 0 Å². The molecule has 2 aromatic carbocycles. The van der Waals surface area contributed by atoms with Crippen LogP contribution in [-0.2, 0) is 4.79 Å². The number of carbonyl (C=O) groups excluding carboxylic acids is 2. The number of likely N-dealkylation sites (tertiary alicyclic amines) is 1. The quantitative estimate of drug-likeness (QED) is 0.624. The molecule has 27 heavy (non-hydrogen) atoms. The van der Waals surface area contributed by atoms with Crippen LogP contribution in [0.5, 0.6) is 0 Å². The standard InChI is InChI=1S/C19H18FN3O4/c20-14-8-9-17(23(26)27)15(11-14)19(25)21-16(13-5-2-1-3-6-13)12-22-10-4-7-18(22)24/h1-3,5-6,8-9,11,16H,4,7,10,12H2,(H,21,25). The van der Waals surface area contributed by atoms with Crippen molar-refractivity contribution in [2.75, 3.05) is 13.1 Å². The van der Waals surface area contributed by atoms with Gasteiger partial charge in [0.25, 0.3) is 11.6 Å². The number of nitrogens with one attached hydrogen (secondary N) is 1. The first-order chi connectivity index (χ1) is 13.0. The van der Waals surface area contributed by atoms with Crippen LogP contribution >= 0.6 is 0 Å². The number of hydrogen-bond acceptors (Lipinski definition) is 4. The van der Waals surface area contributed by atoms with Crippen LogP contribution in [0.1, 0.15) is 34.8 Å². The number of benzene rings is 2. The summed E-state index contributed by atoms with van der Waals surface area (Å²) in [5.74, 6) is -1.50. The molecule has 3 rings (SSSR count). The molecule has 140 valence electrons. The van der Waals surface area contributed by atoms with E-state index < -0.39 is 28.4 Å². The second-order valence-electron chi connectivity index (χ2n) is 6.30. The summed E-state index contributed by atoms with van der Waals surface area (Å²) < 4.78 is 13.6. The summed E-state index contributed by atoms with van der Waals surface area (Å²) >= 11 is 0. The molecule has 1 aliphatic heterocycles. The molecule has 0 saturated carbocycles. The van der Waals surface area contributed by atoms with Crippen LogP contribution < -0.4 is 5.32 Å². The zero-order valence-electron chi connectivity index (χ0n) is 14.4. The molecule has 1 fully saturated rings. The smallest absolute Gasteiger partial charge is 0.282 e. The Morgan fingerprint density at radius 2 is 2.00 bits per heavy atom. The Hall–Kier alpha value is -3.29. The average molecular weight is 371 g/mol. The Balaban J connectivity index is 1.88. The molecule has 1 atom stereocenters. The molecule has 0 bridgehead atoms. The molecule has 8 heteroatoms. The zero-order valence-corrected chi connectivity index (χ0v) is 14.4. The first-order valence-corrected chi connectivity index (χ1v) is 8.53. The van der Waals surface area contributed by atoms with E-state index in [4.69, 9.17) is 0 Å². The molecular formula is C19H18FN3O4. The van der Waals surface area contributed by atoms with Crippen LogP contribution in [0.2, 0.25) is 0 Å². The van der Waals surface area contributed by atoms with Crippen molar-refractivity contribution in [2.45, 2.75) is 18.9 Å². The van der Waals surface area contributed by atoms with Crippen molar-refractivity contribution in [3.63, 3.8) is 0 Å². The van der Waals surface area contributed by atoms with Gasteiger partial charge < -0.3 is 10.2 Å². The lowest BCUT2D eigenvalue weighted by Gasteiger charge is -2.25. The zero-order chi connectivity index (χ0) is 19.4. The molecule has 2 aromatic rings. The molecule has 0 aliphatic carbocycles. The maximum Gasteiger partial charge on any atom is 0.282 e. The summed E-state index contributed by atoms with van der Waals surface area (Å²) in [7, 11) is 0. The van der Waals surface area contributed by atoms with Crippen molar-refractivity contribution < 1.29 is 18.9 Å². The van der Waals surface area contributed by atoms with Crippen molar-refractivity contribution >= 4 is 17.5 Å². The van der Waals surface area contributed by atoms with Gasteiger partial charge in [0.05, 0.1) is 11.0 Å². The molecule has 0 spiro atoms. The van der Waals surface area contributed by atoms with Crippen molar-refractivity contribution in [3.8, 4) is 0 Å². The molecule has 1 heterocycles. The normalized spacial score (nSPS) is 14.9. The lowest BCUT2D eigenvalue weighted by atomic mass is 10.0. The van der Waals surface area contributed by atoms with E-state index in [1.165, 1.54) is 0 Å². The van der Waals surface area contributed by atoms with Crippen molar-refractivity contribution in [1.29, 1.82) is 0 Å². The third-order valence-electron chi connectivity index (χ3n) is 4.48. The fourth-order valence-corrected chi connectivity index (χ4v) is 3.12. The number of nitro groups is 1. The second-order valence-corrected chi connectivity index (χ2v) is 6.30. The van der Waals surface area contributed by atoms with E-state index in [9.17, 15) is 24.1 Å². The van der Waals surface area contributed by atoms with Gasteiger partial charge in [-0.1, -0.05) is 30.3 Å². The maximum absolute atomic E-state index is 13.6. The molecule has 2 amide bonds. The second kappa shape index (κ2) is 7.94. The van der Waals surface area contributed by atoms with Crippen LogP contribution in [0.4, 0.5) is 10.1 Å². The van der Waals surface area contributed by atoms with E-state index in [1.807, 2.05) is 6.07 Å². The van der Waals surface area contributed by atoms with E-state index >= 15 is 0 Å². The molecule has 1 unspecified atom stereocenters. The molecule has 1 saturated heterocycles. The first-order valence-electron chi connectivity index (χ1n) is 8.53. The number of carbonyl (C=O) groups is 2. The lowest BCUT2D eigenvalue weighted by Crippen LogP contribution is -2.38. The number of amides is 2. The topological polar surface area (TPSA) is 92.6 Å². The van der Waals surface area contributed by atoms with Gasteiger partial charge in [-0.15, -0.1) is 0 Å². The van der Waals surface area contributed by atoms with Crippen LogP contribution in [0.25, 0.3) is 0 Å². The van der Waals surface area contributed by atoms with Gasteiger partial charge in [-0.05, 0) is 24.1 Å².